The third-order valence-corrected chi connectivity index (χ3v) is 1.78. The molecule has 0 saturated heterocycles. The van der Waals surface area contributed by atoms with Crippen LogP contribution in [0.4, 0.5) is 0 Å². The predicted molar refractivity (Wildman–Crippen MR) is 51.4 cm³/mol. The topological polar surface area (TPSA) is 9.23 Å². The van der Waals surface area contributed by atoms with E-state index in [1.807, 2.05) is 0 Å². The standard InChI is InChI=1S/C11H12O/c1-5-10-7-8(3)9(4)12-11(10)6-2/h5-6H,1-4,7H2. The zero-order valence-corrected chi connectivity index (χ0v) is 7.10. The Morgan fingerprint density at radius 1 is 1.17 bits per heavy atom. The molecule has 62 valence electrons. The van der Waals surface area contributed by atoms with E-state index in [4.69, 9.17) is 4.74 Å². The number of hydrogen-bond acceptors (Lipinski definition) is 1. The van der Waals surface area contributed by atoms with E-state index >= 15 is 0 Å². The predicted octanol–water partition coefficient (Wildman–Crippen LogP) is 3.10. The van der Waals surface area contributed by atoms with Gasteiger partial charge in [-0.2, -0.15) is 0 Å². The molecule has 1 aliphatic heterocycles. The van der Waals surface area contributed by atoms with Crippen LogP contribution in [0.3, 0.4) is 0 Å². The van der Waals surface area contributed by atoms with Gasteiger partial charge < -0.3 is 4.74 Å². The van der Waals surface area contributed by atoms with Crippen molar-refractivity contribution in [3.8, 4) is 0 Å². The Hall–Kier alpha value is -1.50. The first-order valence-electron chi connectivity index (χ1n) is 3.72. The molecule has 0 bridgehead atoms. The van der Waals surface area contributed by atoms with Gasteiger partial charge >= 0.3 is 0 Å². The molecule has 1 heteroatoms. The average Bonchev–Trinajstić information content (AvgIpc) is 2.09. The highest BCUT2D eigenvalue weighted by molar-refractivity contribution is 5.40. The van der Waals surface area contributed by atoms with Gasteiger partial charge in [-0.15, -0.1) is 0 Å². The lowest BCUT2D eigenvalue weighted by Crippen LogP contribution is -2.03. The molecule has 0 atom stereocenters. The fourth-order valence-corrected chi connectivity index (χ4v) is 1.03. The Kier molecular flexibility index (Phi) is 2.34. The molecule has 0 spiro atoms. The first-order valence-corrected chi connectivity index (χ1v) is 3.72. The summed E-state index contributed by atoms with van der Waals surface area (Å²) in [4.78, 5) is 0. The molecule has 0 aromatic rings. The van der Waals surface area contributed by atoms with E-state index in [0.717, 1.165) is 23.3 Å². The molecule has 1 rings (SSSR count). The van der Waals surface area contributed by atoms with Gasteiger partial charge in [0.15, 0.2) is 0 Å². The fourth-order valence-electron chi connectivity index (χ4n) is 1.03. The number of ether oxygens (including phenoxy) is 1. The van der Waals surface area contributed by atoms with Crippen LogP contribution in [0.15, 0.2) is 61.1 Å². The minimum atomic E-state index is 0.621. The summed E-state index contributed by atoms with van der Waals surface area (Å²) >= 11 is 0. The molecule has 1 nitrogen and oxygen atoms in total. The minimum Gasteiger partial charge on any atom is -0.457 e. The Balaban J connectivity index is 3.05. The van der Waals surface area contributed by atoms with Crippen LogP contribution in [0, 0.1) is 0 Å². The quantitative estimate of drug-likeness (QED) is 0.603. The van der Waals surface area contributed by atoms with Crippen LogP contribution in [0.25, 0.3) is 0 Å². The van der Waals surface area contributed by atoms with E-state index < -0.39 is 0 Å². The molecule has 1 heterocycles. The molecule has 0 unspecified atom stereocenters. The van der Waals surface area contributed by atoms with Gasteiger partial charge in [-0.3, -0.25) is 0 Å². The first-order chi connectivity index (χ1) is 5.69. The van der Waals surface area contributed by atoms with Crippen molar-refractivity contribution in [3.63, 3.8) is 0 Å². The van der Waals surface area contributed by atoms with Gasteiger partial charge in [0.05, 0.1) is 0 Å². The normalized spacial score (nSPS) is 17.3. The number of allylic oxidation sites excluding steroid dienone is 4. The van der Waals surface area contributed by atoms with Crippen LogP contribution in [-0.4, -0.2) is 0 Å². The van der Waals surface area contributed by atoms with E-state index in [1.165, 1.54) is 0 Å². The SMILES string of the molecule is C=CC1=C(C=C)OC(=C)C(=C)C1. The second-order valence-electron chi connectivity index (χ2n) is 2.60. The summed E-state index contributed by atoms with van der Waals surface area (Å²) < 4.78 is 5.35. The van der Waals surface area contributed by atoms with Crippen molar-refractivity contribution in [2.75, 3.05) is 0 Å². The zero-order chi connectivity index (χ0) is 9.14. The summed E-state index contributed by atoms with van der Waals surface area (Å²) in [5.41, 5.74) is 1.91. The molecule has 0 radical (unpaired) electrons. The molecule has 0 aliphatic carbocycles. The molecule has 0 aromatic carbocycles. The Morgan fingerprint density at radius 2 is 1.83 bits per heavy atom. The van der Waals surface area contributed by atoms with Crippen LogP contribution >= 0.6 is 0 Å². The first kappa shape index (κ1) is 8.60. The molecular formula is C11H12O. The summed E-state index contributed by atoms with van der Waals surface area (Å²) in [6, 6.07) is 0. The van der Waals surface area contributed by atoms with Crippen molar-refractivity contribution in [3.05, 3.63) is 61.1 Å². The van der Waals surface area contributed by atoms with Crippen molar-refractivity contribution < 1.29 is 4.74 Å². The second-order valence-corrected chi connectivity index (χ2v) is 2.60. The van der Waals surface area contributed by atoms with E-state index in [9.17, 15) is 0 Å². The lowest BCUT2D eigenvalue weighted by molar-refractivity contribution is 0.315. The summed E-state index contributed by atoms with van der Waals surface area (Å²) in [7, 11) is 0. The van der Waals surface area contributed by atoms with Crippen molar-refractivity contribution >= 4 is 0 Å². The van der Waals surface area contributed by atoms with E-state index in [-0.39, 0.29) is 0 Å². The smallest absolute Gasteiger partial charge is 0.130 e. The van der Waals surface area contributed by atoms with Gasteiger partial charge in [-0.25, -0.2) is 0 Å². The van der Waals surface area contributed by atoms with Gasteiger partial charge in [-0.05, 0) is 17.2 Å². The van der Waals surface area contributed by atoms with Gasteiger partial charge in [-0.1, -0.05) is 32.4 Å². The largest absolute Gasteiger partial charge is 0.457 e. The number of rotatable bonds is 2. The Bertz CT molecular complexity index is 262. The third-order valence-electron chi connectivity index (χ3n) is 1.78. The van der Waals surface area contributed by atoms with Crippen LogP contribution in [0.5, 0.6) is 0 Å². The zero-order valence-electron chi connectivity index (χ0n) is 7.10. The van der Waals surface area contributed by atoms with Crippen LogP contribution in [0.1, 0.15) is 6.42 Å². The van der Waals surface area contributed by atoms with E-state index in [2.05, 4.69) is 26.3 Å². The molecule has 0 saturated carbocycles. The Morgan fingerprint density at radius 3 is 2.33 bits per heavy atom. The third kappa shape index (κ3) is 1.40. The van der Waals surface area contributed by atoms with Crippen LogP contribution in [0.2, 0.25) is 0 Å². The molecule has 0 aromatic heterocycles. The minimum absolute atomic E-state index is 0.621. The summed E-state index contributed by atoms with van der Waals surface area (Å²) in [6.45, 7) is 14.9. The van der Waals surface area contributed by atoms with Crippen LogP contribution in [-0.2, 0) is 4.74 Å². The molecular weight excluding hydrogens is 148 g/mol. The highest BCUT2D eigenvalue weighted by Crippen LogP contribution is 2.29. The van der Waals surface area contributed by atoms with Gasteiger partial charge in [0, 0.05) is 6.42 Å². The maximum absolute atomic E-state index is 5.35. The molecule has 1 aliphatic rings. The van der Waals surface area contributed by atoms with E-state index in [0.29, 0.717) is 5.76 Å². The lowest BCUT2D eigenvalue weighted by Gasteiger charge is -2.20. The maximum atomic E-state index is 5.35. The lowest BCUT2D eigenvalue weighted by atomic mass is 10.0. The van der Waals surface area contributed by atoms with E-state index in [1.54, 1.807) is 12.2 Å². The van der Waals surface area contributed by atoms with Gasteiger partial charge in [0.1, 0.15) is 11.5 Å². The van der Waals surface area contributed by atoms with Crippen LogP contribution < -0.4 is 0 Å². The maximum Gasteiger partial charge on any atom is 0.130 e. The van der Waals surface area contributed by atoms with Gasteiger partial charge in [0.25, 0.3) is 0 Å². The van der Waals surface area contributed by atoms with Crippen molar-refractivity contribution in [2.45, 2.75) is 6.42 Å². The van der Waals surface area contributed by atoms with Gasteiger partial charge in [0.2, 0.25) is 0 Å². The summed E-state index contributed by atoms with van der Waals surface area (Å²) in [6.07, 6.45) is 4.17. The van der Waals surface area contributed by atoms with Crippen molar-refractivity contribution in [2.24, 2.45) is 0 Å². The van der Waals surface area contributed by atoms with Crippen molar-refractivity contribution in [1.82, 2.24) is 0 Å². The molecule has 0 amide bonds. The summed E-state index contributed by atoms with van der Waals surface area (Å²) in [5.74, 6) is 1.36. The fraction of sp³-hybridized carbons (Fsp3) is 0.0909. The molecule has 12 heavy (non-hydrogen) atoms. The van der Waals surface area contributed by atoms with Crippen molar-refractivity contribution in [1.29, 1.82) is 0 Å². The molecule has 0 N–H and O–H groups in total. The second kappa shape index (κ2) is 3.26. The highest BCUT2D eigenvalue weighted by atomic mass is 16.5. The average molecular weight is 160 g/mol. The molecule has 0 fully saturated rings. The highest BCUT2D eigenvalue weighted by Gasteiger charge is 2.14. The monoisotopic (exact) mass is 160 g/mol. The Labute approximate surface area is 73.0 Å². The number of hydrogen-bond donors (Lipinski definition) is 0. The summed E-state index contributed by atoms with van der Waals surface area (Å²) in [5, 5.41) is 0.